The lowest BCUT2D eigenvalue weighted by atomic mass is 10.0. The van der Waals surface area contributed by atoms with Crippen molar-refractivity contribution in [3.05, 3.63) is 49.6 Å². The fraction of sp³-hybridized carbons (Fsp3) is 0.333. The fourth-order valence-electron chi connectivity index (χ4n) is 2.06. The molecule has 0 saturated carbocycles. The number of thiophene rings is 1. The van der Waals surface area contributed by atoms with Gasteiger partial charge in [0.05, 0.1) is 22.0 Å². The lowest BCUT2D eigenvalue weighted by Crippen LogP contribution is -2.22. The van der Waals surface area contributed by atoms with E-state index in [-0.39, 0.29) is 6.04 Å². The summed E-state index contributed by atoms with van der Waals surface area (Å²) in [4.78, 5) is 1.18. The molecule has 108 valence electrons. The van der Waals surface area contributed by atoms with Crippen molar-refractivity contribution in [3.63, 3.8) is 0 Å². The second kappa shape index (κ2) is 7.46. The number of ether oxygens (including phenoxy) is 1. The topological polar surface area (TPSA) is 21.3 Å². The summed E-state index contributed by atoms with van der Waals surface area (Å²) in [6.07, 6.45) is 1.08. The van der Waals surface area contributed by atoms with Gasteiger partial charge in [-0.05, 0) is 41.0 Å². The molecule has 0 fully saturated rings. The van der Waals surface area contributed by atoms with Crippen LogP contribution in [0.15, 0.2) is 34.1 Å². The SMILES string of the molecule is CCCNC(c1cc(Cl)c(Br)s1)c1ccccc1OC. The molecule has 0 aliphatic heterocycles. The first-order valence-corrected chi connectivity index (χ1v) is 8.47. The molecule has 1 N–H and O–H groups in total. The molecule has 1 aromatic carbocycles. The smallest absolute Gasteiger partial charge is 0.124 e. The highest BCUT2D eigenvalue weighted by atomic mass is 79.9. The number of benzene rings is 1. The number of rotatable bonds is 6. The zero-order valence-electron chi connectivity index (χ0n) is 11.5. The van der Waals surface area contributed by atoms with Gasteiger partial charge in [-0.15, -0.1) is 11.3 Å². The third kappa shape index (κ3) is 3.55. The summed E-state index contributed by atoms with van der Waals surface area (Å²) in [6, 6.07) is 10.2. The van der Waals surface area contributed by atoms with Crippen LogP contribution in [0.25, 0.3) is 0 Å². The molecule has 0 spiro atoms. The minimum absolute atomic E-state index is 0.0971. The average molecular weight is 375 g/mol. The van der Waals surface area contributed by atoms with Crippen molar-refractivity contribution in [1.82, 2.24) is 5.32 Å². The molecule has 1 aromatic heterocycles. The van der Waals surface area contributed by atoms with Crippen LogP contribution in [-0.4, -0.2) is 13.7 Å². The third-order valence-electron chi connectivity index (χ3n) is 3.00. The van der Waals surface area contributed by atoms with E-state index in [0.29, 0.717) is 0 Å². The summed E-state index contributed by atoms with van der Waals surface area (Å²) in [5, 5.41) is 4.32. The van der Waals surface area contributed by atoms with E-state index in [2.05, 4.69) is 34.2 Å². The number of hydrogen-bond acceptors (Lipinski definition) is 3. The lowest BCUT2D eigenvalue weighted by molar-refractivity contribution is 0.404. The molecule has 20 heavy (non-hydrogen) atoms. The van der Waals surface area contributed by atoms with Crippen LogP contribution in [0.5, 0.6) is 5.75 Å². The van der Waals surface area contributed by atoms with E-state index in [4.69, 9.17) is 16.3 Å². The normalized spacial score (nSPS) is 12.4. The van der Waals surface area contributed by atoms with Crippen molar-refractivity contribution in [3.8, 4) is 5.75 Å². The summed E-state index contributed by atoms with van der Waals surface area (Å²) in [5.74, 6) is 0.891. The highest BCUT2D eigenvalue weighted by Gasteiger charge is 2.20. The Morgan fingerprint density at radius 2 is 2.15 bits per heavy atom. The Morgan fingerprint density at radius 3 is 2.75 bits per heavy atom. The van der Waals surface area contributed by atoms with E-state index < -0.39 is 0 Å². The van der Waals surface area contributed by atoms with Crippen LogP contribution in [0.3, 0.4) is 0 Å². The van der Waals surface area contributed by atoms with Crippen LogP contribution in [0.2, 0.25) is 5.02 Å². The van der Waals surface area contributed by atoms with Crippen LogP contribution in [0.4, 0.5) is 0 Å². The molecule has 5 heteroatoms. The number of methoxy groups -OCH3 is 1. The van der Waals surface area contributed by atoms with E-state index in [1.165, 1.54) is 4.88 Å². The van der Waals surface area contributed by atoms with Gasteiger partial charge in [-0.1, -0.05) is 36.7 Å². The van der Waals surface area contributed by atoms with Gasteiger partial charge in [0.15, 0.2) is 0 Å². The van der Waals surface area contributed by atoms with E-state index in [9.17, 15) is 0 Å². The van der Waals surface area contributed by atoms with Crippen LogP contribution in [-0.2, 0) is 0 Å². The Hall–Kier alpha value is -0.550. The summed E-state index contributed by atoms with van der Waals surface area (Å²) in [5.41, 5.74) is 1.13. The van der Waals surface area contributed by atoms with Crippen molar-refractivity contribution < 1.29 is 4.74 Å². The van der Waals surface area contributed by atoms with E-state index in [1.54, 1.807) is 18.4 Å². The standard InChI is InChI=1S/C15H17BrClNOS/c1-3-8-18-14(13-9-11(17)15(16)20-13)10-6-4-5-7-12(10)19-2/h4-7,9,14,18H,3,8H2,1-2H3. The summed E-state index contributed by atoms with van der Waals surface area (Å²) in [6.45, 7) is 3.10. The zero-order chi connectivity index (χ0) is 14.5. The minimum atomic E-state index is 0.0971. The summed E-state index contributed by atoms with van der Waals surface area (Å²) >= 11 is 11.3. The van der Waals surface area contributed by atoms with Crippen molar-refractivity contribution in [1.29, 1.82) is 0 Å². The van der Waals surface area contributed by atoms with Crippen LogP contribution in [0.1, 0.15) is 29.8 Å². The molecule has 0 radical (unpaired) electrons. The molecule has 2 rings (SSSR count). The first-order valence-electron chi connectivity index (χ1n) is 6.48. The maximum Gasteiger partial charge on any atom is 0.124 e. The van der Waals surface area contributed by atoms with Gasteiger partial charge >= 0.3 is 0 Å². The number of hydrogen-bond donors (Lipinski definition) is 1. The van der Waals surface area contributed by atoms with Gasteiger partial charge in [-0.3, -0.25) is 0 Å². The van der Waals surface area contributed by atoms with Gasteiger partial charge < -0.3 is 10.1 Å². The van der Waals surface area contributed by atoms with Crippen LogP contribution >= 0.6 is 38.9 Å². The number of nitrogens with one attached hydrogen (secondary N) is 1. The van der Waals surface area contributed by atoms with Crippen molar-refractivity contribution in [2.45, 2.75) is 19.4 Å². The summed E-state index contributed by atoms with van der Waals surface area (Å²) in [7, 11) is 1.70. The Kier molecular flexibility index (Phi) is 5.90. The largest absolute Gasteiger partial charge is 0.496 e. The number of para-hydroxylation sites is 1. The average Bonchev–Trinajstić information content (AvgIpc) is 2.79. The molecule has 2 nitrogen and oxygen atoms in total. The van der Waals surface area contributed by atoms with E-state index in [1.807, 2.05) is 24.3 Å². The predicted molar refractivity (Wildman–Crippen MR) is 90.2 cm³/mol. The van der Waals surface area contributed by atoms with Gasteiger partial charge in [-0.2, -0.15) is 0 Å². The highest BCUT2D eigenvalue weighted by molar-refractivity contribution is 9.11. The Balaban J connectivity index is 2.41. The molecule has 0 bridgehead atoms. The van der Waals surface area contributed by atoms with Crippen molar-refractivity contribution in [2.75, 3.05) is 13.7 Å². The molecule has 0 aliphatic carbocycles. The second-order valence-corrected chi connectivity index (χ2v) is 7.21. The van der Waals surface area contributed by atoms with Gasteiger partial charge in [0, 0.05) is 10.4 Å². The van der Waals surface area contributed by atoms with Crippen molar-refractivity contribution in [2.24, 2.45) is 0 Å². The second-order valence-electron chi connectivity index (χ2n) is 4.40. The third-order valence-corrected chi connectivity index (χ3v) is 5.54. The summed E-state index contributed by atoms with van der Waals surface area (Å²) < 4.78 is 6.45. The quantitative estimate of drug-likeness (QED) is 0.744. The molecule has 2 aromatic rings. The van der Waals surface area contributed by atoms with Gasteiger partial charge in [-0.25, -0.2) is 0 Å². The van der Waals surface area contributed by atoms with Gasteiger partial charge in [0.1, 0.15) is 5.75 Å². The van der Waals surface area contributed by atoms with Gasteiger partial charge in [0.2, 0.25) is 0 Å². The van der Waals surface area contributed by atoms with Gasteiger partial charge in [0.25, 0.3) is 0 Å². The fourth-order valence-corrected chi connectivity index (χ4v) is 3.90. The zero-order valence-corrected chi connectivity index (χ0v) is 14.6. The number of halogens is 2. The highest BCUT2D eigenvalue weighted by Crippen LogP contribution is 2.39. The first-order chi connectivity index (χ1) is 9.67. The molecule has 0 amide bonds. The Bertz CT molecular complexity index is 553. The molecule has 1 unspecified atom stereocenters. The predicted octanol–water partition coefficient (Wildman–Crippen LogP) is 5.26. The van der Waals surface area contributed by atoms with E-state index in [0.717, 1.165) is 33.1 Å². The van der Waals surface area contributed by atoms with Crippen LogP contribution in [0, 0.1) is 0 Å². The maximum absolute atomic E-state index is 6.17. The molecule has 0 aliphatic rings. The molecule has 0 saturated heterocycles. The molecule has 1 heterocycles. The lowest BCUT2D eigenvalue weighted by Gasteiger charge is -2.20. The molecule has 1 atom stereocenters. The monoisotopic (exact) mass is 373 g/mol. The Labute approximate surface area is 137 Å². The van der Waals surface area contributed by atoms with E-state index >= 15 is 0 Å². The van der Waals surface area contributed by atoms with Crippen LogP contribution < -0.4 is 10.1 Å². The Morgan fingerprint density at radius 1 is 1.40 bits per heavy atom. The maximum atomic E-state index is 6.17. The van der Waals surface area contributed by atoms with Crippen molar-refractivity contribution >= 4 is 38.9 Å². The molecular formula is C15H17BrClNOS. The first kappa shape index (κ1) is 15.8. The molecular weight excluding hydrogens is 358 g/mol. The minimum Gasteiger partial charge on any atom is -0.496 e.